The van der Waals surface area contributed by atoms with Crippen molar-refractivity contribution in [1.82, 2.24) is 5.32 Å². The van der Waals surface area contributed by atoms with Gasteiger partial charge in [0, 0.05) is 11.3 Å². The van der Waals surface area contributed by atoms with Crippen molar-refractivity contribution < 1.29 is 9.47 Å². The van der Waals surface area contributed by atoms with Crippen molar-refractivity contribution in [3.05, 3.63) is 18.2 Å². The van der Waals surface area contributed by atoms with Gasteiger partial charge in [0.15, 0.2) is 11.5 Å². The third-order valence-corrected chi connectivity index (χ3v) is 3.64. The highest BCUT2D eigenvalue weighted by Gasteiger charge is 2.10. The van der Waals surface area contributed by atoms with Crippen LogP contribution in [-0.2, 0) is 0 Å². The Morgan fingerprint density at radius 3 is 2.88 bits per heavy atom. The lowest BCUT2D eigenvalue weighted by atomic mass is 10.3. The van der Waals surface area contributed by atoms with Crippen molar-refractivity contribution in [2.45, 2.75) is 17.7 Å². The number of thioether (sulfide) groups is 1. The molecule has 1 aromatic rings. The smallest absolute Gasteiger partial charge is 0.162 e. The van der Waals surface area contributed by atoms with Gasteiger partial charge in [0.05, 0.1) is 13.2 Å². The van der Waals surface area contributed by atoms with E-state index in [2.05, 4.69) is 17.4 Å². The number of hydrogen-bond donors (Lipinski definition) is 1. The van der Waals surface area contributed by atoms with Gasteiger partial charge in [0.1, 0.15) is 0 Å². The quantitative estimate of drug-likeness (QED) is 0.645. The molecule has 1 aromatic carbocycles. The molecular formula is C13H19NO2S. The van der Waals surface area contributed by atoms with Crippen LogP contribution in [0.3, 0.4) is 0 Å². The van der Waals surface area contributed by atoms with Crippen LogP contribution in [0.25, 0.3) is 0 Å². The van der Waals surface area contributed by atoms with E-state index in [0.29, 0.717) is 0 Å². The van der Waals surface area contributed by atoms with Crippen LogP contribution < -0.4 is 14.8 Å². The van der Waals surface area contributed by atoms with Crippen molar-refractivity contribution in [1.29, 1.82) is 0 Å². The third kappa shape index (κ3) is 3.82. The van der Waals surface area contributed by atoms with Gasteiger partial charge >= 0.3 is 0 Å². The molecule has 0 aromatic heterocycles. The first-order valence-electron chi connectivity index (χ1n) is 6.07. The monoisotopic (exact) mass is 253 g/mol. The fourth-order valence-electron chi connectivity index (χ4n) is 1.67. The zero-order valence-electron chi connectivity index (χ0n) is 10.2. The Morgan fingerprint density at radius 1 is 1.24 bits per heavy atom. The van der Waals surface area contributed by atoms with E-state index >= 15 is 0 Å². The summed E-state index contributed by atoms with van der Waals surface area (Å²) in [6, 6.07) is 6.21. The molecule has 0 spiro atoms. The number of fused-ring (bicyclic) bond motifs is 1. The lowest BCUT2D eigenvalue weighted by Gasteiger charge is -2.09. The number of benzene rings is 1. The molecule has 4 heteroatoms. The summed E-state index contributed by atoms with van der Waals surface area (Å²) in [4.78, 5) is 1.25. The molecule has 2 rings (SSSR count). The van der Waals surface area contributed by atoms with E-state index in [4.69, 9.17) is 9.47 Å². The molecule has 0 saturated carbocycles. The normalized spacial score (nSPS) is 14.4. The van der Waals surface area contributed by atoms with E-state index in [1.54, 1.807) is 0 Å². The molecule has 1 N–H and O–H groups in total. The maximum absolute atomic E-state index is 5.67. The van der Waals surface area contributed by atoms with Gasteiger partial charge in [0.2, 0.25) is 0 Å². The van der Waals surface area contributed by atoms with Gasteiger partial charge in [-0.2, -0.15) is 0 Å². The van der Waals surface area contributed by atoms with E-state index in [-0.39, 0.29) is 0 Å². The minimum atomic E-state index is 0.751. The molecule has 3 nitrogen and oxygen atoms in total. The Bertz CT molecular complexity index is 357. The Balaban J connectivity index is 1.93. The van der Waals surface area contributed by atoms with Gasteiger partial charge < -0.3 is 14.8 Å². The predicted molar refractivity (Wildman–Crippen MR) is 71.3 cm³/mol. The predicted octanol–water partition coefficient (Wildman–Crippen LogP) is 2.55. The van der Waals surface area contributed by atoms with E-state index in [0.717, 1.165) is 43.4 Å². The molecular weight excluding hydrogens is 234 g/mol. The fourth-order valence-corrected chi connectivity index (χ4v) is 2.55. The van der Waals surface area contributed by atoms with Gasteiger partial charge in [-0.3, -0.25) is 0 Å². The summed E-state index contributed by atoms with van der Waals surface area (Å²) in [5.41, 5.74) is 0. The maximum Gasteiger partial charge on any atom is 0.162 e. The molecule has 0 aliphatic carbocycles. The Kier molecular flexibility index (Phi) is 5.01. The zero-order valence-corrected chi connectivity index (χ0v) is 11.0. The van der Waals surface area contributed by atoms with Gasteiger partial charge in [0.25, 0.3) is 0 Å². The Morgan fingerprint density at radius 2 is 2.06 bits per heavy atom. The van der Waals surface area contributed by atoms with E-state index in [9.17, 15) is 0 Å². The molecule has 0 saturated heterocycles. The van der Waals surface area contributed by atoms with Crippen molar-refractivity contribution in [3.63, 3.8) is 0 Å². The lowest BCUT2D eigenvalue weighted by Crippen LogP contribution is -2.07. The molecule has 0 unspecified atom stereocenters. The lowest BCUT2D eigenvalue weighted by molar-refractivity contribution is 0.297. The first-order valence-corrected chi connectivity index (χ1v) is 7.06. The molecule has 1 aliphatic heterocycles. The van der Waals surface area contributed by atoms with Crippen LogP contribution in [-0.4, -0.2) is 32.6 Å². The van der Waals surface area contributed by atoms with Crippen molar-refractivity contribution >= 4 is 11.8 Å². The Hall–Kier alpha value is -0.870. The Labute approximate surface area is 107 Å². The van der Waals surface area contributed by atoms with Crippen LogP contribution in [0.5, 0.6) is 11.5 Å². The molecule has 0 radical (unpaired) electrons. The second kappa shape index (κ2) is 6.77. The SMILES string of the molecule is CNCCCSc1ccc2c(c1)OCCCO2. The van der Waals surface area contributed by atoms with Gasteiger partial charge in [-0.15, -0.1) is 11.8 Å². The summed E-state index contributed by atoms with van der Waals surface area (Å²) in [5, 5.41) is 3.15. The van der Waals surface area contributed by atoms with Crippen LogP contribution >= 0.6 is 11.8 Å². The van der Waals surface area contributed by atoms with E-state index < -0.39 is 0 Å². The first-order chi connectivity index (χ1) is 8.40. The van der Waals surface area contributed by atoms with Crippen molar-refractivity contribution in [2.75, 3.05) is 32.6 Å². The molecule has 0 fully saturated rings. The summed E-state index contributed by atoms with van der Waals surface area (Å²) in [7, 11) is 1.98. The highest BCUT2D eigenvalue weighted by Crippen LogP contribution is 2.33. The van der Waals surface area contributed by atoms with Gasteiger partial charge in [-0.05, 0) is 44.0 Å². The maximum atomic E-state index is 5.67. The zero-order chi connectivity index (χ0) is 11.9. The molecule has 0 bridgehead atoms. The number of hydrogen-bond acceptors (Lipinski definition) is 4. The van der Waals surface area contributed by atoms with E-state index in [1.165, 1.54) is 11.3 Å². The van der Waals surface area contributed by atoms with Crippen LogP contribution in [0.15, 0.2) is 23.1 Å². The molecule has 0 amide bonds. The second-order valence-electron chi connectivity index (χ2n) is 3.96. The average Bonchev–Trinajstić information content (AvgIpc) is 2.59. The largest absolute Gasteiger partial charge is 0.490 e. The summed E-state index contributed by atoms with van der Waals surface area (Å²) in [6.45, 7) is 2.57. The first kappa shape index (κ1) is 12.6. The van der Waals surface area contributed by atoms with Crippen molar-refractivity contribution in [2.24, 2.45) is 0 Å². The minimum Gasteiger partial charge on any atom is -0.490 e. The molecule has 0 atom stereocenters. The van der Waals surface area contributed by atoms with Crippen LogP contribution in [0.1, 0.15) is 12.8 Å². The summed E-state index contributed by atoms with van der Waals surface area (Å²) >= 11 is 1.86. The fraction of sp³-hybridized carbons (Fsp3) is 0.538. The third-order valence-electron chi connectivity index (χ3n) is 2.56. The summed E-state index contributed by atoms with van der Waals surface area (Å²) in [6.07, 6.45) is 2.13. The highest BCUT2D eigenvalue weighted by molar-refractivity contribution is 7.99. The highest BCUT2D eigenvalue weighted by atomic mass is 32.2. The summed E-state index contributed by atoms with van der Waals surface area (Å²) in [5.74, 6) is 2.89. The minimum absolute atomic E-state index is 0.751. The number of ether oxygens (including phenoxy) is 2. The molecule has 1 heterocycles. The summed E-state index contributed by atoms with van der Waals surface area (Å²) < 4.78 is 11.3. The average molecular weight is 253 g/mol. The van der Waals surface area contributed by atoms with Crippen LogP contribution in [0.2, 0.25) is 0 Å². The van der Waals surface area contributed by atoms with E-state index in [1.807, 2.05) is 24.9 Å². The van der Waals surface area contributed by atoms with Crippen molar-refractivity contribution in [3.8, 4) is 11.5 Å². The van der Waals surface area contributed by atoms with Gasteiger partial charge in [-0.1, -0.05) is 0 Å². The number of nitrogens with one attached hydrogen (secondary N) is 1. The molecule has 1 aliphatic rings. The number of rotatable bonds is 5. The van der Waals surface area contributed by atoms with Gasteiger partial charge in [-0.25, -0.2) is 0 Å². The molecule has 17 heavy (non-hydrogen) atoms. The topological polar surface area (TPSA) is 30.5 Å². The van der Waals surface area contributed by atoms with Crippen LogP contribution in [0, 0.1) is 0 Å². The van der Waals surface area contributed by atoms with Crippen LogP contribution in [0.4, 0.5) is 0 Å². The standard InChI is InChI=1S/C13H19NO2S/c1-14-6-2-9-17-11-4-5-12-13(10-11)16-8-3-7-15-12/h4-5,10,14H,2-3,6-9H2,1H3. The second-order valence-corrected chi connectivity index (χ2v) is 5.13. The molecule has 94 valence electrons.